The van der Waals surface area contributed by atoms with Gasteiger partial charge in [0, 0.05) is 17.3 Å². The van der Waals surface area contributed by atoms with Gasteiger partial charge in [-0.15, -0.1) is 0 Å². The summed E-state index contributed by atoms with van der Waals surface area (Å²) in [5, 5.41) is 1.27. The lowest BCUT2D eigenvalue weighted by atomic mass is 10.2. The lowest BCUT2D eigenvalue weighted by Gasteiger charge is -2.12. The predicted octanol–water partition coefficient (Wildman–Crippen LogP) is 3.81. The van der Waals surface area contributed by atoms with E-state index in [9.17, 15) is 4.79 Å². The molecule has 0 aliphatic heterocycles. The van der Waals surface area contributed by atoms with Crippen LogP contribution in [0.1, 0.15) is 0 Å². The van der Waals surface area contributed by atoms with Crippen LogP contribution in [-0.2, 0) is 11.3 Å². The molecule has 0 aliphatic rings. The van der Waals surface area contributed by atoms with Crippen LogP contribution in [0, 0.1) is 0 Å². The molecule has 7 heteroatoms. The van der Waals surface area contributed by atoms with E-state index in [1.54, 1.807) is 17.7 Å². The van der Waals surface area contributed by atoms with E-state index in [-0.39, 0.29) is 5.56 Å². The monoisotopic (exact) mass is 432 g/mol. The summed E-state index contributed by atoms with van der Waals surface area (Å²) >= 11 is 8.19. The van der Waals surface area contributed by atoms with Crippen molar-refractivity contribution in [3.05, 3.63) is 44.1 Å². The van der Waals surface area contributed by atoms with E-state index in [0.29, 0.717) is 35.0 Å². The van der Waals surface area contributed by atoms with E-state index in [2.05, 4.69) is 43.4 Å². The number of aromatic nitrogens is 2. The topological polar surface area (TPSA) is 44.1 Å². The first-order chi connectivity index (χ1) is 10.0. The quantitative estimate of drug-likeness (QED) is 0.513. The fourth-order valence-corrected chi connectivity index (χ4v) is 3.29. The van der Waals surface area contributed by atoms with Crippen molar-refractivity contribution in [2.45, 2.75) is 11.7 Å². The van der Waals surface area contributed by atoms with Crippen molar-refractivity contribution >= 4 is 54.5 Å². The zero-order valence-electron chi connectivity index (χ0n) is 11.4. The van der Waals surface area contributed by atoms with Gasteiger partial charge < -0.3 is 4.74 Å². The number of nitrogens with zero attached hydrogens (tertiary/aromatic N) is 2. The molecule has 0 aliphatic carbocycles. The van der Waals surface area contributed by atoms with Crippen LogP contribution in [0.2, 0.25) is 0 Å². The summed E-state index contributed by atoms with van der Waals surface area (Å²) in [6.07, 6.45) is 0. The van der Waals surface area contributed by atoms with Crippen molar-refractivity contribution in [3.8, 4) is 0 Å². The van der Waals surface area contributed by atoms with Crippen LogP contribution in [0.15, 0.2) is 43.7 Å². The van der Waals surface area contributed by atoms with Crippen LogP contribution in [0.25, 0.3) is 10.9 Å². The molecule has 112 valence electrons. The molecule has 0 fully saturated rings. The number of benzene rings is 1. The molecule has 1 aromatic heterocycles. The molecule has 1 heterocycles. The Hall–Kier alpha value is -0.630. The average molecular weight is 434 g/mol. The third-order valence-electron chi connectivity index (χ3n) is 2.76. The highest BCUT2D eigenvalue weighted by atomic mass is 79.9. The highest BCUT2D eigenvalue weighted by Gasteiger charge is 2.12. The molecule has 1 aromatic carbocycles. The molecule has 2 rings (SSSR count). The lowest BCUT2D eigenvalue weighted by molar-refractivity contribution is 0.183. The normalized spacial score (nSPS) is 11.0. The van der Waals surface area contributed by atoms with Gasteiger partial charge in [-0.1, -0.05) is 50.2 Å². The molecule has 0 bridgehead atoms. The van der Waals surface area contributed by atoms with Crippen molar-refractivity contribution in [3.63, 3.8) is 0 Å². The molecular weight excluding hydrogens is 420 g/mol. The SMILES string of the molecule is C=C(Br)CSc1nc2ccc(Br)cc2c(=O)n1CCOC. The van der Waals surface area contributed by atoms with Crippen LogP contribution in [0.3, 0.4) is 0 Å². The fourth-order valence-electron chi connectivity index (χ4n) is 1.81. The third-order valence-corrected chi connectivity index (χ3v) is 4.97. The summed E-state index contributed by atoms with van der Waals surface area (Å²) in [4.78, 5) is 17.2. The number of fused-ring (bicyclic) bond motifs is 1. The van der Waals surface area contributed by atoms with E-state index in [4.69, 9.17) is 4.74 Å². The molecule has 0 spiro atoms. The first-order valence-corrected chi connectivity index (χ1v) is 8.75. The van der Waals surface area contributed by atoms with Gasteiger partial charge in [0.1, 0.15) is 0 Å². The fraction of sp³-hybridized carbons (Fsp3) is 0.286. The Morgan fingerprint density at radius 1 is 1.52 bits per heavy atom. The molecular formula is C14H14Br2N2O2S. The Morgan fingerprint density at radius 3 is 2.95 bits per heavy atom. The molecule has 0 N–H and O–H groups in total. The summed E-state index contributed by atoms with van der Waals surface area (Å²) in [6, 6.07) is 5.52. The van der Waals surface area contributed by atoms with Gasteiger partial charge in [0.25, 0.3) is 5.56 Å². The maximum atomic E-state index is 12.7. The Morgan fingerprint density at radius 2 is 2.29 bits per heavy atom. The molecule has 2 aromatic rings. The summed E-state index contributed by atoms with van der Waals surface area (Å²) in [5.74, 6) is 0.654. The maximum absolute atomic E-state index is 12.7. The number of ether oxygens (including phenoxy) is 1. The number of hydrogen-bond donors (Lipinski definition) is 0. The first kappa shape index (κ1) is 16.7. The van der Waals surface area contributed by atoms with E-state index >= 15 is 0 Å². The van der Waals surface area contributed by atoms with Crippen LogP contribution in [-0.4, -0.2) is 29.0 Å². The second-order valence-electron chi connectivity index (χ2n) is 4.31. The number of rotatable bonds is 6. The molecule has 21 heavy (non-hydrogen) atoms. The largest absolute Gasteiger partial charge is 0.383 e. The smallest absolute Gasteiger partial charge is 0.262 e. The second-order valence-corrected chi connectivity index (χ2v) is 7.29. The first-order valence-electron chi connectivity index (χ1n) is 6.18. The number of halogens is 2. The zero-order chi connectivity index (χ0) is 15.4. The molecule has 0 unspecified atom stereocenters. The average Bonchev–Trinajstić information content (AvgIpc) is 2.45. The minimum atomic E-state index is -0.0546. The van der Waals surface area contributed by atoms with Gasteiger partial charge in [0.2, 0.25) is 0 Å². The predicted molar refractivity (Wildman–Crippen MR) is 94.4 cm³/mol. The van der Waals surface area contributed by atoms with Crippen LogP contribution in [0.4, 0.5) is 0 Å². The minimum absolute atomic E-state index is 0.0546. The molecule has 0 saturated heterocycles. The summed E-state index contributed by atoms with van der Waals surface area (Å²) < 4.78 is 8.46. The zero-order valence-corrected chi connectivity index (χ0v) is 15.4. The molecule has 0 radical (unpaired) electrons. The summed E-state index contributed by atoms with van der Waals surface area (Å²) in [7, 11) is 1.61. The van der Waals surface area contributed by atoms with Gasteiger partial charge >= 0.3 is 0 Å². The standard InChI is InChI=1S/C14H14Br2N2O2S/c1-9(15)8-21-14-17-12-4-3-10(16)7-11(12)13(19)18(14)5-6-20-2/h3-4,7H,1,5-6,8H2,2H3. The maximum Gasteiger partial charge on any atom is 0.262 e. The summed E-state index contributed by atoms with van der Waals surface area (Å²) in [5.41, 5.74) is 0.639. The summed E-state index contributed by atoms with van der Waals surface area (Å²) in [6.45, 7) is 4.74. The second kappa shape index (κ2) is 7.58. The minimum Gasteiger partial charge on any atom is -0.383 e. The van der Waals surface area contributed by atoms with Gasteiger partial charge in [-0.05, 0) is 22.7 Å². The van der Waals surface area contributed by atoms with Gasteiger partial charge in [0.15, 0.2) is 5.16 Å². The Labute approximate surface area is 143 Å². The lowest BCUT2D eigenvalue weighted by Crippen LogP contribution is -2.25. The van der Waals surface area contributed by atoms with Crippen molar-refractivity contribution in [1.82, 2.24) is 9.55 Å². The van der Waals surface area contributed by atoms with E-state index in [1.807, 2.05) is 12.1 Å². The van der Waals surface area contributed by atoms with Gasteiger partial charge in [-0.25, -0.2) is 4.98 Å². The third kappa shape index (κ3) is 4.18. The molecule has 0 atom stereocenters. The Kier molecular flexibility index (Phi) is 6.04. The van der Waals surface area contributed by atoms with Crippen molar-refractivity contribution in [1.29, 1.82) is 0 Å². The van der Waals surface area contributed by atoms with E-state index in [1.165, 1.54) is 11.8 Å². The van der Waals surface area contributed by atoms with Crippen molar-refractivity contribution in [2.24, 2.45) is 0 Å². The van der Waals surface area contributed by atoms with Crippen LogP contribution >= 0.6 is 43.6 Å². The number of methoxy groups -OCH3 is 1. The Balaban J connectivity index is 2.55. The van der Waals surface area contributed by atoms with Gasteiger partial charge in [0.05, 0.1) is 24.1 Å². The highest BCUT2D eigenvalue weighted by molar-refractivity contribution is 9.11. The van der Waals surface area contributed by atoms with Gasteiger partial charge in [-0.2, -0.15) is 0 Å². The number of hydrogen-bond acceptors (Lipinski definition) is 4. The van der Waals surface area contributed by atoms with E-state index < -0.39 is 0 Å². The highest BCUT2D eigenvalue weighted by Crippen LogP contribution is 2.23. The number of thioether (sulfide) groups is 1. The van der Waals surface area contributed by atoms with Crippen LogP contribution in [0.5, 0.6) is 0 Å². The molecule has 0 amide bonds. The molecule has 4 nitrogen and oxygen atoms in total. The Bertz CT molecular complexity index is 731. The molecule has 0 saturated carbocycles. The van der Waals surface area contributed by atoms with Crippen molar-refractivity contribution < 1.29 is 4.74 Å². The van der Waals surface area contributed by atoms with E-state index in [0.717, 1.165) is 8.96 Å². The van der Waals surface area contributed by atoms with Crippen LogP contribution < -0.4 is 5.56 Å². The van der Waals surface area contributed by atoms with Gasteiger partial charge in [-0.3, -0.25) is 9.36 Å². The van der Waals surface area contributed by atoms with Crippen molar-refractivity contribution in [2.75, 3.05) is 19.5 Å².